The SMILES string of the molecule is O=C(c1ccc2c(c1)CCO2)N(Cc1ccccc1)Cc1cccc2c1OCO2. The van der Waals surface area contributed by atoms with Crippen LogP contribution < -0.4 is 14.2 Å². The van der Waals surface area contributed by atoms with E-state index in [0.29, 0.717) is 25.3 Å². The number of benzene rings is 3. The average molecular weight is 387 g/mol. The maximum absolute atomic E-state index is 13.5. The summed E-state index contributed by atoms with van der Waals surface area (Å²) in [5.74, 6) is 2.31. The molecular formula is C24H21NO4. The van der Waals surface area contributed by atoms with Gasteiger partial charge in [0.05, 0.1) is 13.2 Å². The van der Waals surface area contributed by atoms with Crippen LogP contribution in [0.25, 0.3) is 0 Å². The van der Waals surface area contributed by atoms with Crippen molar-refractivity contribution >= 4 is 5.91 Å². The zero-order valence-corrected chi connectivity index (χ0v) is 16.0. The predicted octanol–water partition coefficient (Wildman–Crippen LogP) is 4.19. The molecule has 3 aromatic carbocycles. The number of nitrogens with zero attached hydrogens (tertiary/aromatic N) is 1. The van der Waals surface area contributed by atoms with Gasteiger partial charge in [0, 0.05) is 24.1 Å². The molecule has 0 bridgehead atoms. The molecule has 2 aliphatic rings. The van der Waals surface area contributed by atoms with Gasteiger partial charge in [-0.05, 0) is 35.4 Å². The van der Waals surface area contributed by atoms with Gasteiger partial charge in [-0.3, -0.25) is 4.79 Å². The standard InChI is InChI=1S/C24H21NO4/c26-24(19-9-10-21-18(13-19)11-12-27-21)25(14-17-5-2-1-3-6-17)15-20-7-4-8-22-23(20)29-16-28-22/h1-10,13H,11-12,14-16H2. The predicted molar refractivity (Wildman–Crippen MR) is 108 cm³/mol. The summed E-state index contributed by atoms with van der Waals surface area (Å²) in [5.41, 5.74) is 3.78. The van der Waals surface area contributed by atoms with Crippen LogP contribution >= 0.6 is 0 Å². The zero-order valence-electron chi connectivity index (χ0n) is 16.0. The molecule has 0 radical (unpaired) electrons. The minimum atomic E-state index is -0.0138. The molecule has 146 valence electrons. The summed E-state index contributed by atoms with van der Waals surface area (Å²) in [7, 11) is 0. The summed E-state index contributed by atoms with van der Waals surface area (Å²) in [5, 5.41) is 0. The maximum atomic E-state index is 13.5. The van der Waals surface area contributed by atoms with E-state index >= 15 is 0 Å². The normalized spacial score (nSPS) is 13.7. The van der Waals surface area contributed by atoms with E-state index in [-0.39, 0.29) is 12.7 Å². The Hall–Kier alpha value is -3.47. The van der Waals surface area contributed by atoms with Crippen LogP contribution in [0.1, 0.15) is 27.0 Å². The largest absolute Gasteiger partial charge is 0.493 e. The molecule has 0 saturated carbocycles. The van der Waals surface area contributed by atoms with Crippen LogP contribution in [-0.2, 0) is 19.5 Å². The third-order valence-electron chi connectivity index (χ3n) is 5.28. The minimum Gasteiger partial charge on any atom is -0.493 e. The second-order valence-corrected chi connectivity index (χ2v) is 7.22. The van der Waals surface area contributed by atoms with Gasteiger partial charge in [0.25, 0.3) is 5.91 Å². The van der Waals surface area contributed by atoms with Crippen molar-refractivity contribution in [2.75, 3.05) is 13.4 Å². The Morgan fingerprint density at radius 1 is 0.862 bits per heavy atom. The van der Waals surface area contributed by atoms with Gasteiger partial charge in [-0.15, -0.1) is 0 Å². The van der Waals surface area contributed by atoms with E-state index in [1.165, 1.54) is 0 Å². The Bertz CT molecular complexity index is 1050. The summed E-state index contributed by atoms with van der Waals surface area (Å²) in [4.78, 5) is 15.3. The lowest BCUT2D eigenvalue weighted by Crippen LogP contribution is -2.30. The van der Waals surface area contributed by atoms with Crippen molar-refractivity contribution in [1.82, 2.24) is 4.90 Å². The number of carbonyl (C=O) groups is 1. The first kappa shape index (κ1) is 17.6. The van der Waals surface area contributed by atoms with Crippen molar-refractivity contribution in [2.45, 2.75) is 19.5 Å². The molecule has 1 amide bonds. The van der Waals surface area contributed by atoms with E-state index in [1.54, 1.807) is 0 Å². The number of para-hydroxylation sites is 1. The van der Waals surface area contributed by atoms with Crippen LogP contribution in [0.3, 0.4) is 0 Å². The molecule has 5 nitrogen and oxygen atoms in total. The Kier molecular flexibility index (Phi) is 4.56. The van der Waals surface area contributed by atoms with E-state index in [0.717, 1.165) is 40.4 Å². The summed E-state index contributed by atoms with van der Waals surface area (Å²) in [6.45, 7) is 1.84. The van der Waals surface area contributed by atoms with Crippen molar-refractivity contribution in [3.8, 4) is 17.2 Å². The number of amides is 1. The molecule has 5 heteroatoms. The maximum Gasteiger partial charge on any atom is 0.254 e. The first-order valence-corrected chi connectivity index (χ1v) is 9.74. The first-order chi connectivity index (χ1) is 14.3. The van der Waals surface area contributed by atoms with Crippen molar-refractivity contribution in [1.29, 1.82) is 0 Å². The Balaban J connectivity index is 1.47. The molecule has 2 aliphatic heterocycles. The lowest BCUT2D eigenvalue weighted by atomic mass is 10.1. The van der Waals surface area contributed by atoms with Crippen LogP contribution in [0.15, 0.2) is 66.7 Å². The quantitative estimate of drug-likeness (QED) is 0.659. The van der Waals surface area contributed by atoms with Gasteiger partial charge in [-0.25, -0.2) is 0 Å². The second-order valence-electron chi connectivity index (χ2n) is 7.22. The van der Waals surface area contributed by atoms with Crippen LogP contribution in [0.5, 0.6) is 17.2 Å². The summed E-state index contributed by atoms with van der Waals surface area (Å²) in [6, 6.07) is 21.5. The number of fused-ring (bicyclic) bond motifs is 2. The fraction of sp³-hybridized carbons (Fsp3) is 0.208. The molecule has 29 heavy (non-hydrogen) atoms. The molecule has 0 spiro atoms. The van der Waals surface area contributed by atoms with E-state index in [9.17, 15) is 4.79 Å². The number of rotatable bonds is 5. The summed E-state index contributed by atoms with van der Waals surface area (Å²) in [6.07, 6.45) is 0.840. The monoisotopic (exact) mass is 387 g/mol. The fourth-order valence-electron chi connectivity index (χ4n) is 3.83. The molecule has 3 aromatic rings. The van der Waals surface area contributed by atoms with Crippen LogP contribution in [0.2, 0.25) is 0 Å². The molecule has 5 rings (SSSR count). The van der Waals surface area contributed by atoms with Gasteiger partial charge in [-0.1, -0.05) is 42.5 Å². The molecular weight excluding hydrogens is 366 g/mol. The molecule has 0 aromatic heterocycles. The van der Waals surface area contributed by atoms with Crippen LogP contribution in [-0.4, -0.2) is 24.2 Å². The lowest BCUT2D eigenvalue weighted by molar-refractivity contribution is 0.0728. The number of ether oxygens (including phenoxy) is 3. The van der Waals surface area contributed by atoms with Crippen LogP contribution in [0, 0.1) is 0 Å². The molecule has 0 aliphatic carbocycles. The highest BCUT2D eigenvalue weighted by Gasteiger charge is 2.24. The molecule has 2 heterocycles. The molecule has 0 atom stereocenters. The molecule has 0 unspecified atom stereocenters. The van der Waals surface area contributed by atoms with Crippen LogP contribution in [0.4, 0.5) is 0 Å². The van der Waals surface area contributed by atoms with Gasteiger partial charge in [0.2, 0.25) is 6.79 Å². The fourth-order valence-corrected chi connectivity index (χ4v) is 3.83. The van der Waals surface area contributed by atoms with E-state index < -0.39 is 0 Å². The van der Waals surface area contributed by atoms with Crippen molar-refractivity contribution in [2.24, 2.45) is 0 Å². The molecule has 0 N–H and O–H groups in total. The topological polar surface area (TPSA) is 48.0 Å². The first-order valence-electron chi connectivity index (χ1n) is 9.74. The van der Waals surface area contributed by atoms with Gasteiger partial charge < -0.3 is 19.1 Å². The summed E-state index contributed by atoms with van der Waals surface area (Å²) < 4.78 is 16.7. The van der Waals surface area contributed by atoms with Gasteiger partial charge in [0.15, 0.2) is 11.5 Å². The van der Waals surface area contributed by atoms with Crippen molar-refractivity contribution in [3.05, 3.63) is 89.0 Å². The molecule has 0 saturated heterocycles. The highest BCUT2D eigenvalue weighted by molar-refractivity contribution is 5.94. The zero-order chi connectivity index (χ0) is 19.6. The van der Waals surface area contributed by atoms with Gasteiger partial charge in [0.1, 0.15) is 5.75 Å². The second kappa shape index (κ2) is 7.51. The number of hydrogen-bond donors (Lipinski definition) is 0. The summed E-state index contributed by atoms with van der Waals surface area (Å²) >= 11 is 0. The van der Waals surface area contributed by atoms with E-state index in [2.05, 4.69) is 0 Å². The lowest BCUT2D eigenvalue weighted by Gasteiger charge is -2.24. The van der Waals surface area contributed by atoms with E-state index in [1.807, 2.05) is 71.6 Å². The third kappa shape index (κ3) is 3.51. The Morgan fingerprint density at radius 2 is 1.76 bits per heavy atom. The van der Waals surface area contributed by atoms with Gasteiger partial charge in [-0.2, -0.15) is 0 Å². The average Bonchev–Trinajstić information content (AvgIpc) is 3.42. The third-order valence-corrected chi connectivity index (χ3v) is 5.28. The van der Waals surface area contributed by atoms with Crippen molar-refractivity contribution in [3.63, 3.8) is 0 Å². The van der Waals surface area contributed by atoms with Gasteiger partial charge >= 0.3 is 0 Å². The highest BCUT2D eigenvalue weighted by Crippen LogP contribution is 2.36. The molecule has 0 fully saturated rings. The number of carbonyl (C=O) groups excluding carboxylic acids is 1. The number of hydrogen-bond acceptors (Lipinski definition) is 4. The van der Waals surface area contributed by atoms with E-state index in [4.69, 9.17) is 14.2 Å². The Labute approximate surface area is 169 Å². The van der Waals surface area contributed by atoms with Crippen molar-refractivity contribution < 1.29 is 19.0 Å². The highest BCUT2D eigenvalue weighted by atomic mass is 16.7. The smallest absolute Gasteiger partial charge is 0.254 e. The minimum absolute atomic E-state index is 0.0138. The Morgan fingerprint density at radius 3 is 2.66 bits per heavy atom.